The maximum atomic E-state index is 5.54. The molecule has 2 aliphatic carbocycles. The molecule has 2 nitrogen and oxygen atoms in total. The van der Waals surface area contributed by atoms with Gasteiger partial charge in [0.1, 0.15) is 0 Å². The fraction of sp³-hybridized carbons (Fsp3) is 1.00. The monoisotopic (exact) mass is 154 g/mol. The maximum absolute atomic E-state index is 5.54. The molecule has 2 rings (SSSR count). The average Bonchev–Trinajstić information content (AvgIpc) is 1.78. The minimum Gasteiger partial charge on any atom is -0.271 e. The van der Waals surface area contributed by atoms with Gasteiger partial charge in [-0.15, -0.1) is 0 Å². The molecule has 2 aliphatic rings. The number of nitrogens with two attached hydrogens (primary N) is 1. The van der Waals surface area contributed by atoms with Crippen LogP contribution in [0.15, 0.2) is 0 Å². The normalized spacial score (nSPS) is 26.7. The first kappa shape index (κ1) is 7.56. The lowest BCUT2D eigenvalue weighted by Crippen LogP contribution is -2.50. The first-order valence-electron chi connectivity index (χ1n) is 4.88. The summed E-state index contributed by atoms with van der Waals surface area (Å²) in [5.41, 5.74) is 3.01. The molecule has 0 atom stereocenters. The number of hydrogen-bond donors (Lipinski definition) is 2. The second kappa shape index (κ2) is 3.11. The minimum atomic E-state index is 0.650. The molecule has 0 bridgehead atoms. The Morgan fingerprint density at radius 1 is 1.00 bits per heavy atom. The highest BCUT2D eigenvalue weighted by Crippen LogP contribution is 2.39. The first-order chi connectivity index (χ1) is 5.42. The molecule has 0 aromatic heterocycles. The lowest BCUT2D eigenvalue weighted by molar-refractivity contribution is 0.124. The first-order valence-corrected chi connectivity index (χ1v) is 4.88. The van der Waals surface area contributed by atoms with Crippen LogP contribution in [0.2, 0.25) is 0 Å². The molecule has 0 aliphatic heterocycles. The molecule has 0 saturated heterocycles. The zero-order valence-electron chi connectivity index (χ0n) is 7.05. The molecule has 0 heterocycles. The predicted octanol–water partition coefficient (Wildman–Crippen LogP) is 1.42. The summed E-state index contributed by atoms with van der Waals surface area (Å²) in [6, 6.07) is 0.650. The van der Waals surface area contributed by atoms with Crippen molar-refractivity contribution in [1.29, 1.82) is 0 Å². The summed E-state index contributed by atoms with van der Waals surface area (Å²) >= 11 is 0. The van der Waals surface area contributed by atoms with Crippen molar-refractivity contribution in [1.82, 2.24) is 5.43 Å². The van der Waals surface area contributed by atoms with Crippen LogP contribution >= 0.6 is 0 Å². The van der Waals surface area contributed by atoms with Gasteiger partial charge in [-0.05, 0) is 37.5 Å². The zero-order chi connectivity index (χ0) is 7.68. The van der Waals surface area contributed by atoms with Gasteiger partial charge in [0.15, 0.2) is 0 Å². The van der Waals surface area contributed by atoms with E-state index >= 15 is 0 Å². The van der Waals surface area contributed by atoms with Crippen molar-refractivity contribution in [3.63, 3.8) is 0 Å². The second-order valence-corrected chi connectivity index (χ2v) is 4.07. The number of hydrazine groups is 1. The molecule has 2 heteroatoms. The van der Waals surface area contributed by atoms with Crippen LogP contribution in [0, 0.1) is 11.8 Å². The van der Waals surface area contributed by atoms with E-state index in [2.05, 4.69) is 5.43 Å². The van der Waals surface area contributed by atoms with Gasteiger partial charge in [-0.25, -0.2) is 0 Å². The standard InChI is InChI=1S/C9H18N2/c10-11-9(7-3-1-4-7)8-5-2-6-8/h7-9,11H,1-6,10H2. The van der Waals surface area contributed by atoms with Crippen molar-refractivity contribution >= 4 is 0 Å². The summed E-state index contributed by atoms with van der Waals surface area (Å²) < 4.78 is 0. The Kier molecular flexibility index (Phi) is 2.14. The van der Waals surface area contributed by atoms with Gasteiger partial charge >= 0.3 is 0 Å². The molecular weight excluding hydrogens is 136 g/mol. The Balaban J connectivity index is 1.83. The Bertz CT molecular complexity index is 114. The van der Waals surface area contributed by atoms with E-state index in [-0.39, 0.29) is 0 Å². The molecule has 0 radical (unpaired) electrons. The smallest absolute Gasteiger partial charge is 0.0266 e. The maximum Gasteiger partial charge on any atom is 0.0266 e. The molecule has 2 fully saturated rings. The summed E-state index contributed by atoms with van der Waals surface area (Å²) in [5, 5.41) is 0. The third kappa shape index (κ3) is 1.30. The third-order valence-electron chi connectivity index (χ3n) is 3.51. The molecule has 0 unspecified atom stereocenters. The summed E-state index contributed by atoms with van der Waals surface area (Å²) in [6.45, 7) is 0. The third-order valence-corrected chi connectivity index (χ3v) is 3.51. The zero-order valence-corrected chi connectivity index (χ0v) is 7.05. The SMILES string of the molecule is NNC(C1CCC1)C1CCC1. The van der Waals surface area contributed by atoms with Crippen molar-refractivity contribution in [3.05, 3.63) is 0 Å². The number of nitrogens with one attached hydrogen (secondary N) is 1. The molecule has 64 valence electrons. The van der Waals surface area contributed by atoms with Gasteiger partial charge in [0.05, 0.1) is 0 Å². The van der Waals surface area contributed by atoms with Crippen molar-refractivity contribution in [3.8, 4) is 0 Å². The molecule has 0 amide bonds. The highest BCUT2D eigenvalue weighted by Gasteiger charge is 2.35. The summed E-state index contributed by atoms with van der Waals surface area (Å²) in [4.78, 5) is 0. The fourth-order valence-electron chi connectivity index (χ4n) is 2.25. The lowest BCUT2D eigenvalue weighted by atomic mass is 9.69. The lowest BCUT2D eigenvalue weighted by Gasteiger charge is -2.42. The summed E-state index contributed by atoms with van der Waals surface area (Å²) in [5.74, 6) is 7.36. The molecule has 0 spiro atoms. The fourth-order valence-corrected chi connectivity index (χ4v) is 2.25. The van der Waals surface area contributed by atoms with Crippen molar-refractivity contribution in [2.24, 2.45) is 17.7 Å². The molecule has 0 aromatic rings. The van der Waals surface area contributed by atoms with E-state index in [0.717, 1.165) is 11.8 Å². The Hall–Kier alpha value is -0.0800. The van der Waals surface area contributed by atoms with Crippen LogP contribution in [-0.2, 0) is 0 Å². The number of hydrogen-bond acceptors (Lipinski definition) is 2. The Morgan fingerprint density at radius 2 is 1.45 bits per heavy atom. The highest BCUT2D eigenvalue weighted by atomic mass is 15.2. The van der Waals surface area contributed by atoms with Gasteiger partial charge in [0, 0.05) is 6.04 Å². The van der Waals surface area contributed by atoms with Crippen LogP contribution in [0.25, 0.3) is 0 Å². The van der Waals surface area contributed by atoms with E-state index in [4.69, 9.17) is 5.84 Å². The van der Waals surface area contributed by atoms with Crippen LogP contribution < -0.4 is 11.3 Å². The van der Waals surface area contributed by atoms with Crippen molar-refractivity contribution < 1.29 is 0 Å². The van der Waals surface area contributed by atoms with Gasteiger partial charge in [-0.3, -0.25) is 11.3 Å². The van der Waals surface area contributed by atoms with Crippen molar-refractivity contribution in [2.75, 3.05) is 0 Å². The van der Waals surface area contributed by atoms with Crippen LogP contribution in [0.5, 0.6) is 0 Å². The van der Waals surface area contributed by atoms with Crippen LogP contribution in [-0.4, -0.2) is 6.04 Å². The molecule has 0 aromatic carbocycles. The number of rotatable bonds is 3. The Labute approximate surface area is 68.5 Å². The van der Waals surface area contributed by atoms with Gasteiger partial charge in [0.25, 0.3) is 0 Å². The molecule has 2 saturated carbocycles. The van der Waals surface area contributed by atoms with Crippen LogP contribution in [0.1, 0.15) is 38.5 Å². The van der Waals surface area contributed by atoms with Crippen LogP contribution in [0.3, 0.4) is 0 Å². The van der Waals surface area contributed by atoms with Gasteiger partial charge in [0.2, 0.25) is 0 Å². The van der Waals surface area contributed by atoms with E-state index in [1.165, 1.54) is 38.5 Å². The topological polar surface area (TPSA) is 38.0 Å². The molecule has 3 N–H and O–H groups in total. The van der Waals surface area contributed by atoms with Crippen LogP contribution in [0.4, 0.5) is 0 Å². The average molecular weight is 154 g/mol. The summed E-state index contributed by atoms with van der Waals surface area (Å²) in [7, 11) is 0. The van der Waals surface area contributed by atoms with Gasteiger partial charge in [-0.1, -0.05) is 12.8 Å². The van der Waals surface area contributed by atoms with E-state index in [9.17, 15) is 0 Å². The molecule has 11 heavy (non-hydrogen) atoms. The Morgan fingerprint density at radius 3 is 1.64 bits per heavy atom. The van der Waals surface area contributed by atoms with E-state index < -0.39 is 0 Å². The van der Waals surface area contributed by atoms with E-state index in [1.807, 2.05) is 0 Å². The van der Waals surface area contributed by atoms with E-state index in [1.54, 1.807) is 0 Å². The molecular formula is C9H18N2. The second-order valence-electron chi connectivity index (χ2n) is 4.07. The summed E-state index contributed by atoms with van der Waals surface area (Å²) in [6.07, 6.45) is 8.48. The minimum absolute atomic E-state index is 0.650. The predicted molar refractivity (Wildman–Crippen MR) is 45.8 cm³/mol. The largest absolute Gasteiger partial charge is 0.271 e. The highest BCUT2D eigenvalue weighted by molar-refractivity contribution is 4.89. The van der Waals surface area contributed by atoms with Gasteiger partial charge < -0.3 is 0 Å². The van der Waals surface area contributed by atoms with Crippen molar-refractivity contribution in [2.45, 2.75) is 44.6 Å². The van der Waals surface area contributed by atoms with E-state index in [0.29, 0.717) is 6.04 Å². The quantitative estimate of drug-likeness (QED) is 0.476. The van der Waals surface area contributed by atoms with Gasteiger partial charge in [-0.2, -0.15) is 0 Å².